The lowest BCUT2D eigenvalue weighted by Gasteiger charge is -2.28. The molecule has 0 fully saturated rings. The first-order valence-corrected chi connectivity index (χ1v) is 7.59. The van der Waals surface area contributed by atoms with Crippen LogP contribution < -0.4 is 0 Å². The van der Waals surface area contributed by atoms with Crippen LogP contribution >= 0.6 is 0 Å². The van der Waals surface area contributed by atoms with Crippen molar-refractivity contribution in [2.75, 3.05) is 19.6 Å². The average Bonchev–Trinajstić information content (AvgIpc) is 2.82. The third-order valence-electron chi connectivity index (χ3n) is 3.46. The molecule has 0 spiro atoms. The van der Waals surface area contributed by atoms with Crippen LogP contribution in [0.3, 0.4) is 0 Å². The van der Waals surface area contributed by atoms with Crippen molar-refractivity contribution in [2.24, 2.45) is 13.0 Å². The molecule has 1 heterocycles. The molecule has 0 aliphatic heterocycles. The second-order valence-electron chi connectivity index (χ2n) is 5.97. The van der Waals surface area contributed by atoms with Gasteiger partial charge in [0.25, 0.3) is 0 Å². The van der Waals surface area contributed by atoms with Gasteiger partial charge in [0.2, 0.25) is 11.8 Å². The normalized spacial score (nSPS) is 10.6. The highest BCUT2D eigenvalue weighted by atomic mass is 16.2. The lowest BCUT2D eigenvalue weighted by molar-refractivity contribution is -0.139. The van der Waals surface area contributed by atoms with E-state index in [0.29, 0.717) is 25.6 Å². The first kappa shape index (κ1) is 18.0. The minimum Gasteiger partial charge on any atom is -0.353 e. The van der Waals surface area contributed by atoms with Crippen LogP contribution in [0.4, 0.5) is 0 Å². The summed E-state index contributed by atoms with van der Waals surface area (Å²) in [5.74, 6) is 0.220. The molecule has 0 N–H and O–H groups in total. The van der Waals surface area contributed by atoms with Crippen molar-refractivity contribution >= 4 is 11.8 Å². The highest BCUT2D eigenvalue weighted by Crippen LogP contribution is 2.09. The maximum absolute atomic E-state index is 12.6. The molecule has 0 aliphatic rings. The zero-order valence-electron chi connectivity index (χ0n) is 14.1. The summed E-state index contributed by atoms with van der Waals surface area (Å²) in [6, 6.07) is 3.97. The Bertz CT molecular complexity index is 520. The van der Waals surface area contributed by atoms with Gasteiger partial charge in [0.1, 0.15) is 6.54 Å². The molecule has 5 heteroatoms. The number of hydrogen-bond acceptors (Lipinski definition) is 2. The van der Waals surface area contributed by atoms with Crippen LogP contribution in [0.15, 0.2) is 31.0 Å². The zero-order valence-corrected chi connectivity index (χ0v) is 14.1. The smallest absolute Gasteiger partial charge is 0.242 e. The van der Waals surface area contributed by atoms with Crippen LogP contribution in [0.2, 0.25) is 0 Å². The largest absolute Gasteiger partial charge is 0.353 e. The van der Waals surface area contributed by atoms with E-state index in [9.17, 15) is 9.59 Å². The predicted molar refractivity (Wildman–Crippen MR) is 88.1 cm³/mol. The Morgan fingerprint density at radius 3 is 2.50 bits per heavy atom. The molecule has 22 heavy (non-hydrogen) atoms. The van der Waals surface area contributed by atoms with Gasteiger partial charge in [0, 0.05) is 39.0 Å². The third-order valence-corrected chi connectivity index (χ3v) is 3.46. The number of carbonyl (C=O) groups excluding carboxylic acids is 2. The molecule has 0 atom stereocenters. The zero-order chi connectivity index (χ0) is 16.7. The highest BCUT2D eigenvalue weighted by Gasteiger charge is 2.20. The summed E-state index contributed by atoms with van der Waals surface area (Å²) in [6.07, 6.45) is 3.60. The summed E-state index contributed by atoms with van der Waals surface area (Å²) in [6.45, 7) is 11.0. The maximum Gasteiger partial charge on any atom is 0.242 e. The maximum atomic E-state index is 12.6. The van der Waals surface area contributed by atoms with Crippen LogP contribution in [-0.2, 0) is 23.2 Å². The molecule has 5 nitrogen and oxygen atoms in total. The van der Waals surface area contributed by atoms with E-state index in [-0.39, 0.29) is 18.4 Å². The summed E-state index contributed by atoms with van der Waals surface area (Å²) in [5, 5.41) is 0. The Hall–Kier alpha value is -2.04. The van der Waals surface area contributed by atoms with Gasteiger partial charge in [0.05, 0.1) is 6.54 Å². The van der Waals surface area contributed by atoms with Gasteiger partial charge in [-0.25, -0.2) is 0 Å². The lowest BCUT2D eigenvalue weighted by atomic mass is 10.2. The summed E-state index contributed by atoms with van der Waals surface area (Å²) in [4.78, 5) is 27.5. The van der Waals surface area contributed by atoms with Crippen molar-refractivity contribution < 1.29 is 9.59 Å². The molecule has 0 aromatic carbocycles. The van der Waals surface area contributed by atoms with E-state index in [4.69, 9.17) is 0 Å². The van der Waals surface area contributed by atoms with Gasteiger partial charge >= 0.3 is 0 Å². The molecule has 1 rings (SSSR count). The quantitative estimate of drug-likeness (QED) is 0.690. The van der Waals surface area contributed by atoms with Crippen molar-refractivity contribution in [1.82, 2.24) is 14.4 Å². The number of hydrogen-bond donors (Lipinski definition) is 0. The van der Waals surface area contributed by atoms with Crippen LogP contribution in [-0.4, -0.2) is 45.8 Å². The van der Waals surface area contributed by atoms with Gasteiger partial charge in [-0.15, -0.1) is 6.58 Å². The fourth-order valence-corrected chi connectivity index (χ4v) is 2.28. The van der Waals surface area contributed by atoms with E-state index in [1.54, 1.807) is 6.08 Å². The number of rotatable bonds is 8. The summed E-state index contributed by atoms with van der Waals surface area (Å²) < 4.78 is 2.01. The van der Waals surface area contributed by atoms with Gasteiger partial charge in [-0.3, -0.25) is 9.59 Å². The van der Waals surface area contributed by atoms with Crippen molar-refractivity contribution in [3.8, 4) is 0 Å². The Morgan fingerprint density at radius 1 is 1.36 bits per heavy atom. The van der Waals surface area contributed by atoms with Gasteiger partial charge in [-0.2, -0.15) is 0 Å². The Morgan fingerprint density at radius 2 is 2.05 bits per heavy atom. The van der Waals surface area contributed by atoms with Crippen molar-refractivity contribution in [3.05, 3.63) is 36.7 Å². The molecular formula is C17H27N3O2. The molecule has 0 bridgehead atoms. The minimum absolute atomic E-state index is 0.0352. The molecule has 0 saturated carbocycles. The standard InChI is InChI=1S/C17H27N3O2/c1-6-9-19(15(4)21)13-17(22)20(11-14(2)3)12-16-8-7-10-18(16)5/h6-8,10,14H,1,9,11-13H2,2-5H3. The second kappa shape index (κ2) is 8.41. The molecule has 1 aromatic rings. The van der Waals surface area contributed by atoms with E-state index in [2.05, 4.69) is 20.4 Å². The fourth-order valence-electron chi connectivity index (χ4n) is 2.28. The van der Waals surface area contributed by atoms with Gasteiger partial charge < -0.3 is 14.4 Å². The topological polar surface area (TPSA) is 45.6 Å². The highest BCUT2D eigenvalue weighted by molar-refractivity contribution is 5.84. The molecule has 122 valence electrons. The molecular weight excluding hydrogens is 278 g/mol. The number of aryl methyl sites for hydroxylation is 1. The molecule has 0 saturated heterocycles. The van der Waals surface area contributed by atoms with E-state index in [0.717, 1.165) is 5.69 Å². The van der Waals surface area contributed by atoms with Crippen molar-refractivity contribution in [1.29, 1.82) is 0 Å². The van der Waals surface area contributed by atoms with Crippen LogP contribution in [0.5, 0.6) is 0 Å². The number of amides is 2. The number of aromatic nitrogens is 1. The minimum atomic E-state index is -0.114. The third kappa shape index (κ3) is 5.39. The summed E-state index contributed by atoms with van der Waals surface area (Å²) >= 11 is 0. The van der Waals surface area contributed by atoms with Gasteiger partial charge in [-0.1, -0.05) is 19.9 Å². The van der Waals surface area contributed by atoms with Crippen molar-refractivity contribution in [3.63, 3.8) is 0 Å². The lowest BCUT2D eigenvalue weighted by Crippen LogP contribution is -2.43. The first-order chi connectivity index (χ1) is 10.3. The number of nitrogens with zero attached hydrogens (tertiary/aromatic N) is 3. The molecule has 1 aromatic heterocycles. The van der Waals surface area contributed by atoms with E-state index in [1.807, 2.05) is 34.8 Å². The van der Waals surface area contributed by atoms with E-state index in [1.165, 1.54) is 11.8 Å². The summed E-state index contributed by atoms with van der Waals surface area (Å²) in [7, 11) is 1.97. The summed E-state index contributed by atoms with van der Waals surface area (Å²) in [5.41, 5.74) is 1.08. The average molecular weight is 305 g/mol. The molecule has 0 radical (unpaired) electrons. The van der Waals surface area contributed by atoms with Crippen molar-refractivity contribution in [2.45, 2.75) is 27.3 Å². The monoisotopic (exact) mass is 305 g/mol. The fraction of sp³-hybridized carbons (Fsp3) is 0.529. The second-order valence-corrected chi connectivity index (χ2v) is 5.97. The number of carbonyl (C=O) groups is 2. The molecule has 0 aliphatic carbocycles. The van der Waals surface area contributed by atoms with Gasteiger partial charge in [0.15, 0.2) is 0 Å². The Kier molecular flexibility index (Phi) is 6.89. The molecule has 0 unspecified atom stereocenters. The molecule has 2 amide bonds. The van der Waals surface area contributed by atoms with Crippen LogP contribution in [0.1, 0.15) is 26.5 Å². The Balaban J connectivity index is 2.81. The van der Waals surface area contributed by atoms with Crippen LogP contribution in [0.25, 0.3) is 0 Å². The SMILES string of the molecule is C=CCN(CC(=O)N(Cc1cccn1C)CC(C)C)C(C)=O. The predicted octanol–water partition coefficient (Wildman–Crippen LogP) is 2.04. The van der Waals surface area contributed by atoms with Gasteiger partial charge in [-0.05, 0) is 18.1 Å². The van der Waals surface area contributed by atoms with E-state index >= 15 is 0 Å². The van der Waals surface area contributed by atoms with Crippen LogP contribution in [0, 0.1) is 5.92 Å². The first-order valence-electron chi connectivity index (χ1n) is 7.59. The Labute approximate surface area is 133 Å². The van der Waals surface area contributed by atoms with E-state index < -0.39 is 0 Å².